The lowest BCUT2D eigenvalue weighted by molar-refractivity contribution is -0.384. The molecule has 0 saturated carbocycles. The molecule has 0 unspecified atom stereocenters. The summed E-state index contributed by atoms with van der Waals surface area (Å²) in [5, 5.41) is 14.6. The van der Waals surface area contributed by atoms with Crippen molar-refractivity contribution in [1.29, 1.82) is 0 Å². The molecular weight excluding hydrogens is 365 g/mol. The second-order valence-corrected chi connectivity index (χ2v) is 5.54. The lowest BCUT2D eigenvalue weighted by Gasteiger charge is -2.10. The van der Waals surface area contributed by atoms with Crippen molar-refractivity contribution < 1.29 is 32.4 Å². The van der Waals surface area contributed by atoms with Crippen LogP contribution in [0.2, 0.25) is 0 Å². The SMILES string of the molecule is O=C(COC(=O)c1cccs1)Nc1ccc(C(F)(F)F)cc1[N+](=O)[O-]. The first-order valence-electron chi connectivity index (χ1n) is 6.54. The normalized spacial score (nSPS) is 11.0. The number of nitrogens with zero attached hydrogens (tertiary/aromatic N) is 1. The highest BCUT2D eigenvalue weighted by Crippen LogP contribution is 2.34. The first-order valence-corrected chi connectivity index (χ1v) is 7.42. The van der Waals surface area contributed by atoms with Gasteiger partial charge in [-0.05, 0) is 23.6 Å². The number of hydrogen-bond donors (Lipinski definition) is 1. The van der Waals surface area contributed by atoms with Gasteiger partial charge < -0.3 is 10.1 Å². The molecule has 0 saturated heterocycles. The van der Waals surface area contributed by atoms with E-state index >= 15 is 0 Å². The highest BCUT2D eigenvalue weighted by molar-refractivity contribution is 7.11. The van der Waals surface area contributed by atoms with E-state index in [1.165, 1.54) is 6.07 Å². The van der Waals surface area contributed by atoms with Crippen LogP contribution in [0.15, 0.2) is 35.7 Å². The van der Waals surface area contributed by atoms with Gasteiger partial charge in [-0.2, -0.15) is 13.2 Å². The van der Waals surface area contributed by atoms with Gasteiger partial charge in [0.25, 0.3) is 11.6 Å². The Balaban J connectivity index is 2.07. The monoisotopic (exact) mass is 374 g/mol. The summed E-state index contributed by atoms with van der Waals surface area (Å²) in [5.41, 5.74) is -2.58. The van der Waals surface area contributed by atoms with Gasteiger partial charge in [-0.3, -0.25) is 14.9 Å². The number of nitro groups is 1. The molecule has 1 aromatic carbocycles. The van der Waals surface area contributed by atoms with Crippen molar-refractivity contribution in [3.05, 3.63) is 56.3 Å². The fraction of sp³-hybridized carbons (Fsp3) is 0.143. The van der Waals surface area contributed by atoms with Crippen molar-refractivity contribution in [3.8, 4) is 0 Å². The molecule has 11 heteroatoms. The number of hydrogen-bond acceptors (Lipinski definition) is 6. The summed E-state index contributed by atoms with van der Waals surface area (Å²) in [5.74, 6) is -1.68. The zero-order valence-corrected chi connectivity index (χ0v) is 13.0. The van der Waals surface area contributed by atoms with E-state index in [1.807, 2.05) is 5.32 Å². The van der Waals surface area contributed by atoms with E-state index in [0.29, 0.717) is 12.1 Å². The molecule has 1 heterocycles. The van der Waals surface area contributed by atoms with Crippen molar-refractivity contribution in [1.82, 2.24) is 0 Å². The molecule has 0 fully saturated rings. The molecule has 25 heavy (non-hydrogen) atoms. The van der Waals surface area contributed by atoms with E-state index in [1.54, 1.807) is 11.4 Å². The van der Waals surface area contributed by atoms with Crippen LogP contribution in [-0.4, -0.2) is 23.4 Å². The van der Waals surface area contributed by atoms with Crippen LogP contribution in [0.5, 0.6) is 0 Å². The molecule has 0 aliphatic rings. The summed E-state index contributed by atoms with van der Waals surface area (Å²) in [7, 11) is 0. The maximum atomic E-state index is 12.6. The minimum Gasteiger partial charge on any atom is -0.451 e. The number of carbonyl (C=O) groups excluding carboxylic acids is 2. The smallest absolute Gasteiger partial charge is 0.416 e. The van der Waals surface area contributed by atoms with Gasteiger partial charge in [-0.15, -0.1) is 11.3 Å². The van der Waals surface area contributed by atoms with Crippen molar-refractivity contribution in [2.75, 3.05) is 11.9 Å². The molecular formula is C14H9F3N2O5S. The van der Waals surface area contributed by atoms with Gasteiger partial charge in [0.05, 0.1) is 10.5 Å². The summed E-state index contributed by atoms with van der Waals surface area (Å²) < 4.78 is 42.5. The Hall–Kier alpha value is -2.95. The van der Waals surface area contributed by atoms with Gasteiger partial charge in [0.2, 0.25) is 0 Å². The van der Waals surface area contributed by atoms with Crippen LogP contribution in [-0.2, 0) is 15.7 Å². The highest BCUT2D eigenvalue weighted by Gasteiger charge is 2.33. The van der Waals surface area contributed by atoms with Crippen molar-refractivity contribution in [2.45, 2.75) is 6.18 Å². The maximum Gasteiger partial charge on any atom is 0.416 e. The topological polar surface area (TPSA) is 98.5 Å². The van der Waals surface area contributed by atoms with E-state index in [9.17, 15) is 32.9 Å². The van der Waals surface area contributed by atoms with E-state index in [-0.39, 0.29) is 4.88 Å². The number of thiophene rings is 1. The van der Waals surface area contributed by atoms with Gasteiger partial charge in [0.1, 0.15) is 10.6 Å². The van der Waals surface area contributed by atoms with Crippen LogP contribution in [0.25, 0.3) is 0 Å². The zero-order valence-electron chi connectivity index (χ0n) is 12.2. The van der Waals surface area contributed by atoms with Gasteiger partial charge in [-0.25, -0.2) is 4.79 Å². The molecule has 2 aromatic rings. The summed E-state index contributed by atoms with van der Waals surface area (Å²) in [6.45, 7) is -0.741. The number of ether oxygens (including phenoxy) is 1. The first-order chi connectivity index (χ1) is 11.7. The highest BCUT2D eigenvalue weighted by atomic mass is 32.1. The molecule has 2 rings (SSSR count). The molecule has 0 atom stereocenters. The van der Waals surface area contributed by atoms with Crippen molar-refractivity contribution >= 4 is 34.6 Å². The first kappa shape index (κ1) is 18.4. The summed E-state index contributed by atoms with van der Waals surface area (Å²) in [4.78, 5) is 33.4. The quantitative estimate of drug-likeness (QED) is 0.491. The number of benzene rings is 1. The molecule has 0 aliphatic heterocycles. The number of anilines is 1. The van der Waals surface area contributed by atoms with Crippen LogP contribution >= 0.6 is 11.3 Å². The average Bonchev–Trinajstić information content (AvgIpc) is 3.06. The molecule has 132 valence electrons. The maximum absolute atomic E-state index is 12.6. The number of rotatable bonds is 5. The van der Waals surface area contributed by atoms with E-state index < -0.39 is 46.5 Å². The Kier molecular flexibility index (Phi) is 5.37. The molecule has 0 bridgehead atoms. The Labute approximate surface area is 142 Å². The predicted octanol–water partition coefficient (Wildman–Crippen LogP) is 3.47. The third-order valence-electron chi connectivity index (χ3n) is 2.85. The van der Waals surface area contributed by atoms with E-state index in [0.717, 1.165) is 17.4 Å². The van der Waals surface area contributed by atoms with Crippen LogP contribution in [0.3, 0.4) is 0 Å². The minimum absolute atomic E-state index is 0.258. The standard InChI is InChI=1S/C14H9F3N2O5S/c15-14(16,17)8-3-4-9(10(6-8)19(22)23)18-12(20)7-24-13(21)11-2-1-5-25-11/h1-6H,7H2,(H,18,20). The number of halogens is 3. The summed E-state index contributed by atoms with van der Waals surface area (Å²) >= 11 is 1.09. The second kappa shape index (κ2) is 7.30. The number of esters is 1. The molecule has 0 radical (unpaired) electrons. The Morgan fingerprint density at radius 2 is 2.00 bits per heavy atom. The van der Waals surface area contributed by atoms with E-state index in [4.69, 9.17) is 4.74 Å². The third-order valence-corrected chi connectivity index (χ3v) is 3.70. The molecule has 0 aliphatic carbocycles. The lowest BCUT2D eigenvalue weighted by atomic mass is 10.1. The number of alkyl halides is 3. The molecule has 1 aromatic heterocycles. The van der Waals surface area contributed by atoms with Crippen molar-refractivity contribution in [3.63, 3.8) is 0 Å². The number of nitrogens with one attached hydrogen (secondary N) is 1. The largest absolute Gasteiger partial charge is 0.451 e. The van der Waals surface area contributed by atoms with Crippen LogP contribution in [0.1, 0.15) is 15.2 Å². The Morgan fingerprint density at radius 3 is 2.56 bits per heavy atom. The predicted molar refractivity (Wildman–Crippen MR) is 81.3 cm³/mol. The summed E-state index contributed by atoms with van der Waals surface area (Å²) in [6, 6.07) is 4.76. The van der Waals surface area contributed by atoms with Crippen LogP contribution in [0, 0.1) is 10.1 Å². The fourth-order valence-electron chi connectivity index (χ4n) is 1.75. The Morgan fingerprint density at radius 1 is 1.28 bits per heavy atom. The second-order valence-electron chi connectivity index (χ2n) is 4.59. The van der Waals surface area contributed by atoms with Gasteiger partial charge in [0.15, 0.2) is 6.61 Å². The minimum atomic E-state index is -4.76. The van der Waals surface area contributed by atoms with Crippen LogP contribution in [0.4, 0.5) is 24.5 Å². The molecule has 1 amide bonds. The molecule has 7 nitrogen and oxygen atoms in total. The zero-order chi connectivity index (χ0) is 18.6. The average molecular weight is 374 g/mol. The number of nitro benzene ring substituents is 1. The van der Waals surface area contributed by atoms with Gasteiger partial charge in [0, 0.05) is 6.07 Å². The molecule has 1 N–H and O–H groups in total. The fourth-order valence-corrected chi connectivity index (χ4v) is 2.36. The third kappa shape index (κ3) is 4.76. The molecule has 0 spiro atoms. The van der Waals surface area contributed by atoms with Crippen LogP contribution < -0.4 is 5.32 Å². The Bertz CT molecular complexity index is 805. The van der Waals surface area contributed by atoms with Gasteiger partial charge >= 0.3 is 12.1 Å². The van der Waals surface area contributed by atoms with E-state index in [2.05, 4.69) is 0 Å². The van der Waals surface area contributed by atoms with Crippen molar-refractivity contribution in [2.24, 2.45) is 0 Å². The number of carbonyl (C=O) groups is 2. The summed E-state index contributed by atoms with van der Waals surface area (Å²) in [6.07, 6.45) is -4.76. The number of amides is 1. The van der Waals surface area contributed by atoms with Gasteiger partial charge in [-0.1, -0.05) is 6.07 Å². The lowest BCUT2D eigenvalue weighted by Crippen LogP contribution is -2.21.